The molecule has 14 aromatic rings. The SMILES string of the molecule is c1ccc(N(c2ccccc2)c2cc3c4c(c2)Oc2cc5c6cc7c(cc6c6cc8c(cc6c5cc2B4c2ccccc2O3)Oc2cc(N(c3ccccc3)c3ccccc3)cc3c2B8c2ccccc2O3)Oc2cccc3c2B7c2ccccc2O3)cc1. The smallest absolute Gasteiger partial charge is 0.260 e. The summed E-state index contributed by atoms with van der Waals surface area (Å²) >= 11 is 0. The van der Waals surface area contributed by atoms with Crippen molar-refractivity contribution in [1.29, 1.82) is 0 Å². The summed E-state index contributed by atoms with van der Waals surface area (Å²) in [4.78, 5) is 4.53. The van der Waals surface area contributed by atoms with E-state index in [4.69, 9.17) is 28.4 Å². The zero-order valence-corrected chi connectivity index (χ0v) is 47.6. The van der Waals surface area contributed by atoms with Crippen molar-refractivity contribution < 1.29 is 28.4 Å². The van der Waals surface area contributed by atoms with Crippen LogP contribution >= 0.6 is 0 Å². The van der Waals surface area contributed by atoms with Gasteiger partial charge in [-0.1, -0.05) is 152 Å². The van der Waals surface area contributed by atoms with Crippen molar-refractivity contribution in [2.75, 3.05) is 9.80 Å². The maximum Gasteiger partial charge on any atom is 0.260 e. The molecular weight excluding hydrogens is 1090 g/mol. The second-order valence-corrected chi connectivity index (χ2v) is 23.7. The monoisotopic (exact) mass is 1140 g/mol. The van der Waals surface area contributed by atoms with Gasteiger partial charge in [0.05, 0.1) is 11.4 Å². The molecule has 0 spiro atoms. The van der Waals surface area contributed by atoms with Gasteiger partial charge in [0, 0.05) is 63.4 Å². The van der Waals surface area contributed by atoms with Crippen LogP contribution in [0.4, 0.5) is 34.1 Å². The lowest BCUT2D eigenvalue weighted by Gasteiger charge is -2.36. The first-order valence-corrected chi connectivity index (χ1v) is 30.3. The largest absolute Gasteiger partial charge is 0.458 e. The number of benzene rings is 14. The zero-order chi connectivity index (χ0) is 58.0. The Hall–Kier alpha value is -11.5. The molecule has 6 aliphatic heterocycles. The second-order valence-electron chi connectivity index (χ2n) is 23.7. The highest BCUT2D eigenvalue weighted by atomic mass is 16.5. The molecule has 0 saturated carbocycles. The Morgan fingerprint density at radius 3 is 0.764 bits per heavy atom. The van der Waals surface area contributed by atoms with Gasteiger partial charge >= 0.3 is 0 Å². The van der Waals surface area contributed by atoms with Crippen molar-refractivity contribution in [2.45, 2.75) is 0 Å². The van der Waals surface area contributed by atoms with Crippen LogP contribution in [-0.2, 0) is 0 Å². The van der Waals surface area contributed by atoms with E-state index in [-0.39, 0.29) is 20.1 Å². The minimum absolute atomic E-state index is 0.145. The van der Waals surface area contributed by atoms with Crippen LogP contribution in [0.1, 0.15) is 0 Å². The van der Waals surface area contributed by atoms with Crippen LogP contribution in [0.25, 0.3) is 32.3 Å². The first-order valence-electron chi connectivity index (χ1n) is 30.3. The van der Waals surface area contributed by atoms with Gasteiger partial charge in [-0.2, -0.15) is 0 Å². The highest BCUT2D eigenvalue weighted by Gasteiger charge is 2.45. The summed E-state index contributed by atoms with van der Waals surface area (Å²) in [6.45, 7) is -0.583. The van der Waals surface area contributed by atoms with Crippen LogP contribution < -0.4 is 87.4 Å². The maximum atomic E-state index is 7.46. The van der Waals surface area contributed by atoms with Crippen LogP contribution in [0.15, 0.2) is 273 Å². The number of hydrogen-bond donors (Lipinski definition) is 0. The van der Waals surface area contributed by atoms with E-state index in [0.717, 1.165) is 185 Å². The first kappa shape index (κ1) is 48.7. The van der Waals surface area contributed by atoms with Crippen molar-refractivity contribution in [2.24, 2.45) is 0 Å². The summed E-state index contributed by atoms with van der Waals surface area (Å²) in [6, 6.07) is 96.2. The minimum Gasteiger partial charge on any atom is -0.458 e. The third-order valence-electron chi connectivity index (χ3n) is 18.9. The number of fused-ring (bicyclic) bond motifs is 18. The molecule has 11 heteroatoms. The summed E-state index contributed by atoms with van der Waals surface area (Å²) in [5, 5.41) is 6.37. The van der Waals surface area contributed by atoms with Gasteiger partial charge < -0.3 is 38.2 Å². The average Bonchev–Trinajstić information content (AvgIpc) is 0.738. The Kier molecular flexibility index (Phi) is 10.1. The molecule has 0 radical (unpaired) electrons. The lowest BCUT2D eigenvalue weighted by Crippen LogP contribution is -2.57. The fourth-order valence-corrected chi connectivity index (χ4v) is 15.2. The molecule has 0 unspecified atom stereocenters. The molecule has 14 aromatic carbocycles. The Balaban J connectivity index is 0.850. The van der Waals surface area contributed by atoms with Gasteiger partial charge in [-0.05, 0) is 162 Å². The molecule has 0 amide bonds. The number of nitrogens with zero attached hydrogens (tertiary/aromatic N) is 2. The van der Waals surface area contributed by atoms with Crippen molar-refractivity contribution in [3.63, 3.8) is 0 Å². The van der Waals surface area contributed by atoms with Crippen LogP contribution in [0.5, 0.6) is 69.0 Å². The lowest BCUT2D eigenvalue weighted by atomic mass is 9.34. The van der Waals surface area contributed by atoms with Crippen molar-refractivity contribution in [3.8, 4) is 69.0 Å². The fourth-order valence-electron chi connectivity index (χ4n) is 15.2. The van der Waals surface area contributed by atoms with E-state index < -0.39 is 0 Å². The predicted octanol–water partition coefficient (Wildman–Crippen LogP) is 14.3. The normalized spacial score (nSPS) is 13.4. The molecule has 6 aliphatic rings. The van der Waals surface area contributed by atoms with E-state index in [9.17, 15) is 0 Å². The van der Waals surface area contributed by atoms with Crippen LogP contribution in [0.2, 0.25) is 0 Å². The molecule has 0 aromatic heterocycles. The zero-order valence-electron chi connectivity index (χ0n) is 47.6. The van der Waals surface area contributed by atoms with Crippen LogP contribution in [0, 0.1) is 0 Å². The number of rotatable bonds is 6. The first-order chi connectivity index (χ1) is 44.1. The lowest BCUT2D eigenvalue weighted by molar-refractivity contribution is 0.464. The molecule has 8 nitrogen and oxygen atoms in total. The summed E-state index contributed by atoms with van der Waals surface area (Å²) in [5.41, 5.74) is 15.4. The number of hydrogen-bond acceptors (Lipinski definition) is 8. The number of ether oxygens (including phenoxy) is 6. The van der Waals surface area contributed by atoms with E-state index in [1.807, 2.05) is 12.1 Å². The van der Waals surface area contributed by atoms with Crippen molar-refractivity contribution in [3.05, 3.63) is 273 Å². The molecule has 20 rings (SSSR count). The summed E-state index contributed by atoms with van der Waals surface area (Å²) < 4.78 is 42.7. The molecule has 0 saturated heterocycles. The number of anilines is 6. The Morgan fingerprint density at radius 2 is 0.427 bits per heavy atom. The van der Waals surface area contributed by atoms with Crippen molar-refractivity contribution in [1.82, 2.24) is 0 Å². The van der Waals surface area contributed by atoms with E-state index in [2.05, 4.69) is 271 Å². The average molecular weight is 1140 g/mol. The highest BCUT2D eigenvalue weighted by Crippen LogP contribution is 2.49. The Bertz CT molecular complexity index is 5170. The molecule has 0 bridgehead atoms. The third kappa shape index (κ3) is 7.15. The van der Waals surface area contributed by atoms with E-state index >= 15 is 0 Å². The molecule has 0 fully saturated rings. The second kappa shape index (κ2) is 18.5. The van der Waals surface area contributed by atoms with Gasteiger partial charge in [0.2, 0.25) is 0 Å². The highest BCUT2D eigenvalue weighted by molar-refractivity contribution is 7.00. The molecular formula is C78H45B3N2O6. The van der Waals surface area contributed by atoms with Gasteiger partial charge in [-0.25, -0.2) is 0 Å². The van der Waals surface area contributed by atoms with Gasteiger partial charge in [-0.15, -0.1) is 0 Å². The molecule has 0 aliphatic carbocycles. The minimum atomic E-state index is -0.223. The molecule has 6 heterocycles. The van der Waals surface area contributed by atoms with Gasteiger partial charge in [0.25, 0.3) is 20.1 Å². The van der Waals surface area contributed by atoms with Crippen molar-refractivity contribution >= 4 is 136 Å². The number of para-hydroxylation sites is 7. The summed E-state index contributed by atoms with van der Waals surface area (Å²) in [6.07, 6.45) is 0. The van der Waals surface area contributed by atoms with Gasteiger partial charge in [-0.3, -0.25) is 0 Å². The Morgan fingerprint density at radius 1 is 0.180 bits per heavy atom. The quantitative estimate of drug-likeness (QED) is 0.121. The maximum absolute atomic E-state index is 7.46. The Labute approximate surface area is 513 Å². The van der Waals surface area contributed by atoms with E-state index in [1.165, 1.54) is 0 Å². The predicted molar refractivity (Wildman–Crippen MR) is 361 cm³/mol. The van der Waals surface area contributed by atoms with E-state index in [1.54, 1.807) is 0 Å². The fraction of sp³-hybridized carbons (Fsp3) is 0. The van der Waals surface area contributed by atoms with Crippen LogP contribution in [-0.4, -0.2) is 20.1 Å². The van der Waals surface area contributed by atoms with Crippen LogP contribution in [0.3, 0.4) is 0 Å². The standard InChI is InChI=1S/C78H45B3N2O6/c1-5-20-46(21-6-1)82(47-22-7-2-8-23-47)50-36-72-77-74(38-50)89-71-45-57-53(41-62(71)80(77)59-29-14-17-32-65(59)85-72)55-43-69-61(79-58-28-13-16-31-64(58)84-67-34-19-35-68(87-69)76(67)79)40-52(55)56-44-70-63(42-54(56)57)81-60-30-15-18-33-66(60)86-73-37-51(39-75(88-70)78(73)81)83(48-24-9-3-10-25-48)49-26-11-4-12-27-49/h1-45H. The molecule has 0 N–H and O–H groups in total. The molecule has 89 heavy (non-hydrogen) atoms. The van der Waals surface area contributed by atoms with Gasteiger partial charge in [0.15, 0.2) is 0 Å². The molecule has 412 valence electrons. The topological polar surface area (TPSA) is 61.9 Å². The summed E-state index contributed by atoms with van der Waals surface area (Å²) in [5.74, 6) is 9.43. The molecule has 0 atom stereocenters. The van der Waals surface area contributed by atoms with E-state index in [0.29, 0.717) is 0 Å². The summed E-state index contributed by atoms with van der Waals surface area (Å²) in [7, 11) is 0. The third-order valence-corrected chi connectivity index (χ3v) is 18.9. The van der Waals surface area contributed by atoms with Gasteiger partial charge in [0.1, 0.15) is 69.0 Å².